The molecule has 6 nitrogen and oxygen atoms in total. The van der Waals surface area contributed by atoms with Crippen molar-refractivity contribution in [2.45, 2.75) is 25.0 Å². The van der Waals surface area contributed by atoms with Gasteiger partial charge in [-0.3, -0.25) is 9.48 Å². The van der Waals surface area contributed by atoms with Gasteiger partial charge < -0.3 is 15.0 Å². The third kappa shape index (κ3) is 3.97. The number of hydrogen-bond donors (Lipinski definition) is 1. The van der Waals surface area contributed by atoms with Gasteiger partial charge in [0.05, 0.1) is 23.3 Å². The van der Waals surface area contributed by atoms with Crippen molar-refractivity contribution in [2.75, 3.05) is 32.8 Å². The van der Waals surface area contributed by atoms with Crippen LogP contribution in [0.1, 0.15) is 18.9 Å². The quantitative estimate of drug-likeness (QED) is 0.839. The number of carbonyl (C=O) groups is 1. The van der Waals surface area contributed by atoms with Gasteiger partial charge in [-0.05, 0) is 28.8 Å². The van der Waals surface area contributed by atoms with Gasteiger partial charge in [0.2, 0.25) is 0 Å². The Morgan fingerprint density at radius 2 is 2.19 bits per heavy atom. The molecule has 1 N–H and O–H groups in total. The van der Waals surface area contributed by atoms with Crippen molar-refractivity contribution < 1.29 is 9.53 Å². The van der Waals surface area contributed by atoms with Crippen LogP contribution < -0.4 is 5.32 Å². The van der Waals surface area contributed by atoms with Crippen molar-refractivity contribution in [3.8, 4) is 0 Å². The van der Waals surface area contributed by atoms with Gasteiger partial charge in [-0.1, -0.05) is 0 Å². The number of carbonyl (C=O) groups excluding carboxylic acids is 1. The van der Waals surface area contributed by atoms with Crippen molar-refractivity contribution in [1.29, 1.82) is 0 Å². The number of amides is 1. The predicted octanol–water partition coefficient (Wildman–Crippen LogP) is 1.22. The van der Waals surface area contributed by atoms with Crippen LogP contribution in [0.3, 0.4) is 0 Å². The number of piperidine rings is 1. The summed E-state index contributed by atoms with van der Waals surface area (Å²) in [7, 11) is 0. The lowest BCUT2D eigenvalue weighted by Gasteiger charge is -2.35. The number of hydrogen-bond acceptors (Lipinski definition) is 4. The highest BCUT2D eigenvalue weighted by atomic mass is 79.9. The minimum atomic E-state index is -0.306. The molecule has 1 atom stereocenters. The van der Waals surface area contributed by atoms with Crippen LogP contribution in [0, 0.1) is 0 Å². The van der Waals surface area contributed by atoms with E-state index >= 15 is 0 Å². The maximum absolute atomic E-state index is 12.3. The van der Waals surface area contributed by atoms with E-state index in [1.54, 1.807) is 6.20 Å². The average molecular weight is 380 g/mol. The monoisotopic (exact) mass is 378 g/mol. The highest BCUT2D eigenvalue weighted by Crippen LogP contribution is 2.23. The molecule has 0 aliphatic carbocycles. The van der Waals surface area contributed by atoms with Gasteiger partial charge in [-0.25, -0.2) is 0 Å². The van der Waals surface area contributed by atoms with Crippen molar-refractivity contribution >= 4 is 34.2 Å². The normalized spacial score (nSPS) is 23.7. The second-order valence-electron chi connectivity index (χ2n) is 5.26. The van der Waals surface area contributed by atoms with Crippen molar-refractivity contribution in [2.24, 2.45) is 0 Å². The highest BCUT2D eigenvalue weighted by molar-refractivity contribution is 9.10. The predicted molar refractivity (Wildman–Crippen MR) is 84.6 cm³/mol. The molecule has 2 fully saturated rings. The number of aromatic nitrogens is 2. The van der Waals surface area contributed by atoms with E-state index < -0.39 is 0 Å². The van der Waals surface area contributed by atoms with Crippen LogP contribution in [0.4, 0.5) is 0 Å². The van der Waals surface area contributed by atoms with Crippen LogP contribution in [0.25, 0.3) is 0 Å². The van der Waals surface area contributed by atoms with Crippen LogP contribution >= 0.6 is 28.3 Å². The minimum absolute atomic E-state index is 0. The Bertz CT molecular complexity index is 470. The molecule has 3 heterocycles. The molecule has 8 heteroatoms. The third-order valence-electron chi connectivity index (χ3n) is 3.92. The van der Waals surface area contributed by atoms with Gasteiger partial charge in [0, 0.05) is 32.4 Å². The first-order valence-electron chi connectivity index (χ1n) is 7.05. The van der Waals surface area contributed by atoms with Crippen LogP contribution in [0.15, 0.2) is 16.9 Å². The Morgan fingerprint density at radius 1 is 1.43 bits per heavy atom. The summed E-state index contributed by atoms with van der Waals surface area (Å²) >= 11 is 3.41. The zero-order valence-electron chi connectivity index (χ0n) is 11.7. The summed E-state index contributed by atoms with van der Waals surface area (Å²) in [4.78, 5) is 14.3. The van der Waals surface area contributed by atoms with Crippen LogP contribution in [-0.2, 0) is 9.53 Å². The molecule has 1 amide bonds. The average Bonchev–Trinajstić information content (AvgIpc) is 2.94. The van der Waals surface area contributed by atoms with E-state index in [9.17, 15) is 4.79 Å². The van der Waals surface area contributed by atoms with E-state index in [4.69, 9.17) is 4.74 Å². The fourth-order valence-corrected chi connectivity index (χ4v) is 3.09. The molecular weight excluding hydrogens is 360 g/mol. The fourth-order valence-electron chi connectivity index (χ4n) is 2.79. The summed E-state index contributed by atoms with van der Waals surface area (Å²) in [6, 6.07) is 0.385. The lowest BCUT2D eigenvalue weighted by Crippen LogP contribution is -2.51. The van der Waals surface area contributed by atoms with Crippen LogP contribution in [0.5, 0.6) is 0 Å². The Kier molecular flexibility index (Phi) is 6.04. The van der Waals surface area contributed by atoms with E-state index in [1.807, 2.05) is 15.8 Å². The van der Waals surface area contributed by atoms with E-state index in [0.717, 1.165) is 36.9 Å². The number of nitrogens with one attached hydrogen (secondary N) is 1. The molecule has 2 aliphatic heterocycles. The van der Waals surface area contributed by atoms with Crippen molar-refractivity contribution in [3.63, 3.8) is 0 Å². The lowest BCUT2D eigenvalue weighted by atomic mass is 10.0. The summed E-state index contributed by atoms with van der Waals surface area (Å²) in [6.07, 6.45) is 5.38. The molecule has 0 saturated carbocycles. The van der Waals surface area contributed by atoms with Gasteiger partial charge in [-0.2, -0.15) is 5.10 Å². The largest absolute Gasteiger partial charge is 0.366 e. The van der Waals surface area contributed by atoms with E-state index in [0.29, 0.717) is 19.2 Å². The molecule has 0 radical (unpaired) electrons. The number of nitrogens with zero attached hydrogens (tertiary/aromatic N) is 3. The number of ether oxygens (including phenoxy) is 1. The molecular formula is C13H20BrClN4O2. The SMILES string of the molecule is Cl.O=C(C1CNCCO1)N1CCC(n2cc(Br)cn2)CC1. The first-order chi connectivity index (χ1) is 9.74. The first kappa shape index (κ1) is 16.7. The third-order valence-corrected chi connectivity index (χ3v) is 4.33. The summed E-state index contributed by atoms with van der Waals surface area (Å²) in [5.41, 5.74) is 0. The fraction of sp³-hybridized carbons (Fsp3) is 0.692. The number of morpholine rings is 1. The van der Waals surface area contributed by atoms with Gasteiger partial charge in [0.1, 0.15) is 6.10 Å². The van der Waals surface area contributed by atoms with Gasteiger partial charge in [0.15, 0.2) is 0 Å². The maximum atomic E-state index is 12.3. The summed E-state index contributed by atoms with van der Waals surface area (Å²) in [6.45, 7) is 3.64. The van der Waals surface area contributed by atoms with E-state index in [1.165, 1.54) is 0 Å². The van der Waals surface area contributed by atoms with Crippen molar-refractivity contribution in [1.82, 2.24) is 20.0 Å². The van der Waals surface area contributed by atoms with Crippen LogP contribution in [-0.4, -0.2) is 59.5 Å². The Labute approximate surface area is 138 Å². The number of halogens is 2. The molecule has 0 spiro atoms. The second kappa shape index (κ2) is 7.58. The molecule has 0 aromatic carbocycles. The summed E-state index contributed by atoms with van der Waals surface area (Å²) in [5.74, 6) is 0.122. The smallest absolute Gasteiger partial charge is 0.253 e. The summed E-state index contributed by atoms with van der Waals surface area (Å²) < 4.78 is 8.52. The molecule has 0 bridgehead atoms. The standard InChI is InChI=1S/C13H19BrN4O2.ClH/c14-10-7-16-18(9-10)11-1-4-17(5-2-11)13(19)12-8-15-3-6-20-12;/h7,9,11-12,15H,1-6,8H2;1H. The lowest BCUT2D eigenvalue weighted by molar-refractivity contribution is -0.146. The number of rotatable bonds is 2. The Morgan fingerprint density at radius 3 is 2.76 bits per heavy atom. The molecule has 1 aromatic heterocycles. The maximum Gasteiger partial charge on any atom is 0.253 e. The second-order valence-corrected chi connectivity index (χ2v) is 6.17. The number of likely N-dealkylation sites (tertiary alicyclic amines) is 1. The van der Waals surface area contributed by atoms with Gasteiger partial charge in [-0.15, -0.1) is 12.4 Å². The zero-order chi connectivity index (χ0) is 13.9. The Hall–Kier alpha value is -0.630. The van der Waals surface area contributed by atoms with Crippen molar-refractivity contribution in [3.05, 3.63) is 16.9 Å². The molecule has 2 aliphatic rings. The van der Waals surface area contributed by atoms with Crippen LogP contribution in [0.2, 0.25) is 0 Å². The molecule has 118 valence electrons. The zero-order valence-corrected chi connectivity index (χ0v) is 14.1. The van der Waals surface area contributed by atoms with E-state index in [2.05, 4.69) is 26.3 Å². The molecule has 1 aromatic rings. The topological polar surface area (TPSA) is 59.4 Å². The van der Waals surface area contributed by atoms with Gasteiger partial charge in [0.25, 0.3) is 5.91 Å². The molecule has 1 unspecified atom stereocenters. The molecule has 21 heavy (non-hydrogen) atoms. The summed E-state index contributed by atoms with van der Waals surface area (Å²) in [5, 5.41) is 7.53. The molecule has 3 rings (SSSR count). The minimum Gasteiger partial charge on any atom is -0.366 e. The first-order valence-corrected chi connectivity index (χ1v) is 7.84. The van der Waals surface area contributed by atoms with E-state index in [-0.39, 0.29) is 24.4 Å². The Balaban J connectivity index is 0.00000161. The highest BCUT2D eigenvalue weighted by Gasteiger charge is 2.30. The van der Waals surface area contributed by atoms with Gasteiger partial charge >= 0.3 is 0 Å². The molecule has 2 saturated heterocycles.